The molecule has 0 radical (unpaired) electrons. The van der Waals surface area contributed by atoms with Gasteiger partial charge in [0, 0.05) is 6.26 Å². The molecule has 0 spiro atoms. The van der Waals surface area contributed by atoms with Crippen molar-refractivity contribution in [1.82, 2.24) is 0 Å². The van der Waals surface area contributed by atoms with Crippen LogP contribution in [0.4, 0.5) is 4.39 Å². The van der Waals surface area contributed by atoms with Crippen LogP contribution in [0.3, 0.4) is 0 Å². The van der Waals surface area contributed by atoms with Crippen LogP contribution in [0.15, 0.2) is 23.1 Å². The molecule has 0 aliphatic carbocycles. The topological polar surface area (TPSA) is 60.2 Å². The fourth-order valence-electron chi connectivity index (χ4n) is 1.43. The highest BCUT2D eigenvalue weighted by molar-refractivity contribution is 7.90. The number of hydrogen-bond acceptors (Lipinski definition) is 3. The molecule has 1 rings (SSSR count). The van der Waals surface area contributed by atoms with Crippen LogP contribution in [-0.4, -0.2) is 21.2 Å². The van der Waals surface area contributed by atoms with Gasteiger partial charge in [-0.05, 0) is 24.1 Å². The number of nitrogens with two attached hydrogens (primary N) is 1. The van der Waals surface area contributed by atoms with E-state index in [1.165, 1.54) is 6.07 Å². The van der Waals surface area contributed by atoms with E-state index in [0.29, 0.717) is 5.56 Å². The Hall–Kier alpha value is -0.940. The SMILES string of the molecule is CC(CN)c1cccc(F)c1S(C)(=O)=O. The van der Waals surface area contributed by atoms with Crippen LogP contribution in [0.25, 0.3) is 0 Å². The molecule has 3 nitrogen and oxygen atoms in total. The molecule has 0 bridgehead atoms. The molecule has 2 N–H and O–H groups in total. The maximum absolute atomic E-state index is 13.4. The van der Waals surface area contributed by atoms with Gasteiger partial charge in [-0.1, -0.05) is 19.1 Å². The second-order valence-electron chi connectivity index (χ2n) is 3.57. The Bertz CT molecular complexity index is 456. The molecule has 1 unspecified atom stereocenters. The molecule has 0 aromatic heterocycles. The number of benzene rings is 1. The van der Waals surface area contributed by atoms with Gasteiger partial charge in [-0.3, -0.25) is 0 Å². The van der Waals surface area contributed by atoms with Crippen molar-refractivity contribution < 1.29 is 12.8 Å². The van der Waals surface area contributed by atoms with Gasteiger partial charge in [-0.2, -0.15) is 0 Å². The summed E-state index contributed by atoms with van der Waals surface area (Å²) < 4.78 is 36.3. The van der Waals surface area contributed by atoms with Crippen molar-refractivity contribution in [2.75, 3.05) is 12.8 Å². The van der Waals surface area contributed by atoms with E-state index in [4.69, 9.17) is 5.73 Å². The van der Waals surface area contributed by atoms with Crippen LogP contribution in [-0.2, 0) is 9.84 Å². The van der Waals surface area contributed by atoms with E-state index < -0.39 is 15.7 Å². The van der Waals surface area contributed by atoms with Crippen molar-refractivity contribution >= 4 is 9.84 Å². The lowest BCUT2D eigenvalue weighted by atomic mass is 10.0. The number of halogens is 1. The van der Waals surface area contributed by atoms with Crippen molar-refractivity contribution in [3.8, 4) is 0 Å². The first-order valence-corrected chi connectivity index (χ1v) is 6.45. The third-order valence-corrected chi connectivity index (χ3v) is 3.42. The minimum atomic E-state index is -3.55. The molecular weight excluding hydrogens is 217 g/mol. The van der Waals surface area contributed by atoms with Gasteiger partial charge in [0.2, 0.25) is 0 Å². The fourth-order valence-corrected chi connectivity index (χ4v) is 2.55. The fraction of sp³-hybridized carbons (Fsp3) is 0.400. The molecule has 15 heavy (non-hydrogen) atoms. The maximum Gasteiger partial charge on any atom is 0.178 e. The van der Waals surface area contributed by atoms with E-state index in [0.717, 1.165) is 12.3 Å². The van der Waals surface area contributed by atoms with Gasteiger partial charge in [0.1, 0.15) is 10.7 Å². The number of hydrogen-bond donors (Lipinski definition) is 1. The number of rotatable bonds is 3. The molecule has 0 heterocycles. The summed E-state index contributed by atoms with van der Waals surface area (Å²) >= 11 is 0. The predicted octanol–water partition coefficient (Wildman–Crippen LogP) is 1.29. The monoisotopic (exact) mass is 231 g/mol. The Kier molecular flexibility index (Phi) is 3.46. The van der Waals surface area contributed by atoms with Gasteiger partial charge in [0.25, 0.3) is 0 Å². The maximum atomic E-state index is 13.4. The zero-order valence-corrected chi connectivity index (χ0v) is 9.51. The second-order valence-corrected chi connectivity index (χ2v) is 5.52. The van der Waals surface area contributed by atoms with Crippen LogP contribution < -0.4 is 5.73 Å². The average Bonchev–Trinajstić information content (AvgIpc) is 2.14. The Morgan fingerprint density at radius 1 is 1.47 bits per heavy atom. The Morgan fingerprint density at radius 2 is 2.07 bits per heavy atom. The van der Waals surface area contributed by atoms with E-state index in [-0.39, 0.29) is 17.4 Å². The molecule has 1 aromatic carbocycles. The van der Waals surface area contributed by atoms with Gasteiger partial charge in [-0.25, -0.2) is 12.8 Å². The standard InChI is InChI=1S/C10H14FNO2S/c1-7(6-12)8-4-3-5-9(11)10(8)15(2,13)14/h3-5,7H,6,12H2,1-2H3. The molecule has 0 amide bonds. The van der Waals surface area contributed by atoms with E-state index in [1.807, 2.05) is 0 Å². The van der Waals surface area contributed by atoms with Crippen LogP contribution in [0.5, 0.6) is 0 Å². The quantitative estimate of drug-likeness (QED) is 0.852. The summed E-state index contributed by atoms with van der Waals surface area (Å²) in [5.41, 5.74) is 5.89. The van der Waals surface area contributed by atoms with Crippen molar-refractivity contribution in [3.05, 3.63) is 29.6 Å². The van der Waals surface area contributed by atoms with Crippen LogP contribution >= 0.6 is 0 Å². The highest BCUT2D eigenvalue weighted by Gasteiger charge is 2.21. The lowest BCUT2D eigenvalue weighted by Crippen LogP contribution is -2.14. The molecule has 0 aliphatic rings. The average molecular weight is 231 g/mol. The van der Waals surface area contributed by atoms with Gasteiger partial charge >= 0.3 is 0 Å². The highest BCUT2D eigenvalue weighted by Crippen LogP contribution is 2.25. The van der Waals surface area contributed by atoms with Crippen LogP contribution in [0.2, 0.25) is 0 Å². The Morgan fingerprint density at radius 3 is 2.53 bits per heavy atom. The molecule has 0 saturated heterocycles. The molecule has 1 aromatic rings. The van der Waals surface area contributed by atoms with Crippen molar-refractivity contribution in [2.45, 2.75) is 17.7 Å². The summed E-state index contributed by atoms with van der Waals surface area (Å²) in [6, 6.07) is 4.23. The smallest absolute Gasteiger partial charge is 0.178 e. The zero-order valence-electron chi connectivity index (χ0n) is 8.70. The first-order chi connectivity index (χ1) is 6.88. The van der Waals surface area contributed by atoms with Crippen molar-refractivity contribution in [2.24, 2.45) is 5.73 Å². The van der Waals surface area contributed by atoms with E-state index in [9.17, 15) is 12.8 Å². The molecule has 5 heteroatoms. The summed E-state index contributed by atoms with van der Waals surface area (Å²) in [4.78, 5) is -0.233. The van der Waals surface area contributed by atoms with E-state index >= 15 is 0 Å². The summed E-state index contributed by atoms with van der Waals surface area (Å²) in [5.74, 6) is -0.888. The van der Waals surface area contributed by atoms with Crippen LogP contribution in [0, 0.1) is 5.82 Å². The normalized spacial score (nSPS) is 13.9. The Balaban J connectivity index is 3.47. The van der Waals surface area contributed by atoms with Gasteiger partial charge in [-0.15, -0.1) is 0 Å². The van der Waals surface area contributed by atoms with Crippen molar-refractivity contribution in [1.29, 1.82) is 0 Å². The second kappa shape index (κ2) is 4.28. The Labute approximate surface area is 89.0 Å². The number of sulfone groups is 1. The van der Waals surface area contributed by atoms with Crippen LogP contribution in [0.1, 0.15) is 18.4 Å². The molecule has 0 aliphatic heterocycles. The van der Waals surface area contributed by atoms with Gasteiger partial charge in [0.05, 0.1) is 0 Å². The third-order valence-electron chi connectivity index (χ3n) is 2.25. The first-order valence-electron chi connectivity index (χ1n) is 4.56. The zero-order chi connectivity index (χ0) is 11.6. The molecule has 0 fully saturated rings. The summed E-state index contributed by atoms with van der Waals surface area (Å²) in [6.45, 7) is 2.05. The lowest BCUT2D eigenvalue weighted by molar-refractivity contribution is 0.561. The molecular formula is C10H14FNO2S. The third kappa shape index (κ3) is 2.54. The minimum absolute atomic E-state index is 0.176. The predicted molar refractivity (Wildman–Crippen MR) is 57.0 cm³/mol. The molecule has 0 saturated carbocycles. The van der Waals surface area contributed by atoms with Gasteiger partial charge < -0.3 is 5.73 Å². The summed E-state index contributed by atoms with van der Waals surface area (Å²) in [7, 11) is -3.55. The summed E-state index contributed by atoms with van der Waals surface area (Å²) in [6.07, 6.45) is 0.998. The summed E-state index contributed by atoms with van der Waals surface area (Å²) in [5, 5.41) is 0. The van der Waals surface area contributed by atoms with Crippen molar-refractivity contribution in [3.63, 3.8) is 0 Å². The molecule has 1 atom stereocenters. The minimum Gasteiger partial charge on any atom is -0.330 e. The largest absolute Gasteiger partial charge is 0.330 e. The van der Waals surface area contributed by atoms with E-state index in [2.05, 4.69) is 0 Å². The molecule has 84 valence electrons. The van der Waals surface area contributed by atoms with Gasteiger partial charge in [0.15, 0.2) is 9.84 Å². The van der Waals surface area contributed by atoms with E-state index in [1.54, 1.807) is 13.0 Å². The lowest BCUT2D eigenvalue weighted by Gasteiger charge is -2.13. The highest BCUT2D eigenvalue weighted by atomic mass is 32.2. The first kappa shape index (κ1) is 12.1.